The molecule has 5 nitrogen and oxygen atoms in total. The van der Waals surface area contributed by atoms with Crippen molar-refractivity contribution >= 4 is 33.3 Å². The van der Waals surface area contributed by atoms with E-state index in [-0.39, 0.29) is 11.4 Å². The molecule has 3 rings (SSSR count). The number of rotatable bonds is 3. The molecule has 126 valence electrons. The Bertz CT molecular complexity index is 913. The second kappa shape index (κ2) is 6.25. The average Bonchev–Trinajstić information content (AvgIpc) is 2.83. The first kappa shape index (κ1) is 17.0. The predicted octanol–water partition coefficient (Wildman–Crippen LogP) is 4.39. The zero-order valence-corrected chi connectivity index (χ0v) is 14.6. The lowest BCUT2D eigenvalue weighted by Crippen LogP contribution is -2.08. The highest BCUT2D eigenvalue weighted by atomic mass is 79.9. The van der Waals surface area contributed by atoms with Crippen LogP contribution in [-0.4, -0.2) is 30.2 Å². The molecule has 0 aliphatic heterocycles. The highest BCUT2D eigenvalue weighted by Gasteiger charge is 2.33. The van der Waals surface area contributed by atoms with Gasteiger partial charge < -0.3 is 5.11 Å². The van der Waals surface area contributed by atoms with Crippen molar-refractivity contribution in [2.75, 3.05) is 5.75 Å². The van der Waals surface area contributed by atoms with E-state index in [0.717, 1.165) is 18.1 Å². The van der Waals surface area contributed by atoms with E-state index in [1.165, 1.54) is 22.4 Å². The van der Waals surface area contributed by atoms with Crippen molar-refractivity contribution in [2.45, 2.75) is 18.0 Å². The third-order valence-corrected chi connectivity index (χ3v) is 4.78. The molecule has 0 unspecified atom stereocenters. The maximum atomic E-state index is 12.8. The van der Waals surface area contributed by atoms with Crippen LogP contribution in [0.4, 0.5) is 13.2 Å². The largest absolute Gasteiger partial charge is 0.506 e. The Morgan fingerprint density at radius 2 is 2.00 bits per heavy atom. The van der Waals surface area contributed by atoms with Gasteiger partial charge >= 0.3 is 6.18 Å². The number of hydrogen-bond donors (Lipinski definition) is 1. The Morgan fingerprint density at radius 3 is 2.67 bits per heavy atom. The number of aromatic hydroxyl groups is 1. The number of pyridine rings is 1. The molecule has 1 N–H and O–H groups in total. The van der Waals surface area contributed by atoms with E-state index in [2.05, 4.69) is 30.9 Å². The van der Waals surface area contributed by atoms with Gasteiger partial charge in [-0.15, -0.1) is 11.8 Å². The van der Waals surface area contributed by atoms with Gasteiger partial charge in [-0.2, -0.15) is 13.2 Å². The molecular weight excluding hydrogens is 409 g/mol. The lowest BCUT2D eigenvalue weighted by atomic mass is 10.3. The number of halogens is 4. The van der Waals surface area contributed by atoms with Crippen LogP contribution in [0.5, 0.6) is 5.75 Å². The lowest BCUT2D eigenvalue weighted by molar-refractivity contribution is -0.141. The summed E-state index contributed by atoms with van der Waals surface area (Å²) in [5.74, 6) is 0.749. The van der Waals surface area contributed by atoms with E-state index in [4.69, 9.17) is 0 Å². The van der Waals surface area contributed by atoms with Crippen molar-refractivity contribution in [1.29, 1.82) is 0 Å². The quantitative estimate of drug-likeness (QED) is 0.639. The summed E-state index contributed by atoms with van der Waals surface area (Å²) in [6.45, 7) is 1.94. The number of alkyl halides is 3. The minimum atomic E-state index is -4.54. The van der Waals surface area contributed by atoms with Gasteiger partial charge in [0.25, 0.3) is 0 Å². The number of hydrogen-bond acceptors (Lipinski definition) is 5. The van der Waals surface area contributed by atoms with Gasteiger partial charge in [0.15, 0.2) is 0 Å². The SMILES string of the molecule is CCSc1cc(O)cnc1-c1nc2cc(C(F)(F)F)ncn2c1Br. The average molecular weight is 419 g/mol. The minimum absolute atomic E-state index is 0.00982. The normalized spacial score (nSPS) is 12.0. The number of thioether (sulfide) groups is 1. The number of aromatic nitrogens is 4. The predicted molar refractivity (Wildman–Crippen MR) is 87.0 cm³/mol. The fourth-order valence-electron chi connectivity index (χ4n) is 2.10. The Hall–Kier alpha value is -1.81. The summed E-state index contributed by atoms with van der Waals surface area (Å²) in [7, 11) is 0. The Labute approximate surface area is 147 Å². The van der Waals surface area contributed by atoms with Gasteiger partial charge in [0.1, 0.15) is 39.4 Å². The molecule has 3 aromatic rings. The van der Waals surface area contributed by atoms with E-state index in [1.807, 2.05) is 6.92 Å². The van der Waals surface area contributed by atoms with Gasteiger partial charge in [0.05, 0.1) is 6.20 Å². The third-order valence-electron chi connectivity index (χ3n) is 3.11. The van der Waals surface area contributed by atoms with E-state index in [0.29, 0.717) is 20.9 Å². The van der Waals surface area contributed by atoms with Crippen LogP contribution in [0.3, 0.4) is 0 Å². The summed E-state index contributed by atoms with van der Waals surface area (Å²) < 4.78 is 40.2. The van der Waals surface area contributed by atoms with Crippen molar-refractivity contribution < 1.29 is 18.3 Å². The van der Waals surface area contributed by atoms with Crippen LogP contribution >= 0.6 is 27.7 Å². The molecule has 0 fully saturated rings. The van der Waals surface area contributed by atoms with E-state index in [9.17, 15) is 18.3 Å². The van der Waals surface area contributed by atoms with Gasteiger partial charge in [-0.25, -0.2) is 15.0 Å². The molecule has 3 heterocycles. The van der Waals surface area contributed by atoms with E-state index < -0.39 is 11.9 Å². The van der Waals surface area contributed by atoms with Crippen molar-refractivity contribution in [3.63, 3.8) is 0 Å². The summed E-state index contributed by atoms with van der Waals surface area (Å²) in [6, 6.07) is 2.42. The highest BCUT2D eigenvalue weighted by molar-refractivity contribution is 9.10. The zero-order valence-electron chi connectivity index (χ0n) is 12.2. The van der Waals surface area contributed by atoms with Crippen LogP contribution in [0.25, 0.3) is 17.0 Å². The molecule has 0 aromatic carbocycles. The molecule has 10 heteroatoms. The summed E-state index contributed by atoms with van der Waals surface area (Å²) in [4.78, 5) is 12.5. The van der Waals surface area contributed by atoms with Gasteiger partial charge in [-0.1, -0.05) is 6.92 Å². The lowest BCUT2D eigenvalue weighted by Gasteiger charge is -2.06. The van der Waals surface area contributed by atoms with Gasteiger partial charge in [0.2, 0.25) is 0 Å². The zero-order chi connectivity index (χ0) is 17.5. The van der Waals surface area contributed by atoms with Gasteiger partial charge in [0, 0.05) is 11.0 Å². The van der Waals surface area contributed by atoms with Crippen LogP contribution in [0, 0.1) is 0 Å². The van der Waals surface area contributed by atoms with Gasteiger partial charge in [-0.05, 0) is 27.7 Å². The fourth-order valence-corrected chi connectivity index (χ4v) is 3.45. The molecule has 0 atom stereocenters. The smallest absolute Gasteiger partial charge is 0.433 e. The molecule has 24 heavy (non-hydrogen) atoms. The summed E-state index contributed by atoms with van der Waals surface area (Å²) in [6.07, 6.45) is -2.21. The number of nitrogens with zero attached hydrogens (tertiary/aromatic N) is 4. The van der Waals surface area contributed by atoms with Crippen molar-refractivity contribution in [3.05, 3.63) is 35.0 Å². The molecule has 0 amide bonds. The topological polar surface area (TPSA) is 63.3 Å². The fraction of sp³-hybridized carbons (Fsp3) is 0.214. The monoisotopic (exact) mass is 418 g/mol. The van der Waals surface area contributed by atoms with Crippen molar-refractivity contribution in [3.8, 4) is 17.1 Å². The van der Waals surface area contributed by atoms with Crippen LogP contribution in [0.2, 0.25) is 0 Å². The second-order valence-electron chi connectivity index (χ2n) is 4.72. The standard InChI is InChI=1S/C14H10BrF3N4OS/c1-2-24-8-3-7(23)5-19-11(8)12-13(15)22-6-20-9(14(16,17)18)4-10(22)21-12/h3-6,23H,2H2,1H3. The molecule has 0 saturated carbocycles. The summed E-state index contributed by atoms with van der Waals surface area (Å²) in [5.41, 5.74) is -0.0572. The number of imidazole rings is 1. The maximum absolute atomic E-state index is 12.8. The number of fused-ring (bicyclic) bond motifs is 1. The highest BCUT2D eigenvalue weighted by Crippen LogP contribution is 2.36. The van der Waals surface area contributed by atoms with E-state index >= 15 is 0 Å². The molecule has 0 saturated heterocycles. The third kappa shape index (κ3) is 3.07. The molecule has 0 aliphatic rings. The first-order valence-electron chi connectivity index (χ1n) is 6.74. The second-order valence-corrected chi connectivity index (χ2v) is 6.78. The molecule has 0 radical (unpaired) electrons. The first-order chi connectivity index (χ1) is 11.3. The van der Waals surface area contributed by atoms with Crippen LogP contribution in [0.15, 0.2) is 34.2 Å². The van der Waals surface area contributed by atoms with Gasteiger partial charge in [-0.3, -0.25) is 4.40 Å². The molecule has 3 aromatic heterocycles. The summed E-state index contributed by atoms with van der Waals surface area (Å²) in [5, 5.41) is 9.60. The molecule has 0 spiro atoms. The first-order valence-corrected chi connectivity index (χ1v) is 8.52. The van der Waals surface area contributed by atoms with Crippen LogP contribution in [-0.2, 0) is 6.18 Å². The Morgan fingerprint density at radius 1 is 1.25 bits per heavy atom. The Kier molecular flexibility index (Phi) is 4.43. The summed E-state index contributed by atoms with van der Waals surface area (Å²) >= 11 is 4.78. The van der Waals surface area contributed by atoms with Crippen molar-refractivity contribution in [1.82, 2.24) is 19.4 Å². The maximum Gasteiger partial charge on any atom is 0.433 e. The van der Waals surface area contributed by atoms with E-state index in [1.54, 1.807) is 6.07 Å². The Balaban J connectivity index is 2.19. The molecule has 0 aliphatic carbocycles. The molecular formula is C14H10BrF3N4OS. The van der Waals surface area contributed by atoms with Crippen LogP contribution < -0.4 is 0 Å². The van der Waals surface area contributed by atoms with Crippen LogP contribution in [0.1, 0.15) is 12.6 Å². The van der Waals surface area contributed by atoms with Crippen molar-refractivity contribution in [2.24, 2.45) is 0 Å². The molecule has 0 bridgehead atoms. The minimum Gasteiger partial charge on any atom is -0.506 e.